The molecule has 0 aromatic rings. The van der Waals surface area contributed by atoms with E-state index in [9.17, 15) is 14.7 Å². The number of aliphatic hydroxyl groups excluding tert-OH is 1. The Bertz CT molecular complexity index is 310. The van der Waals surface area contributed by atoms with Gasteiger partial charge in [-0.15, -0.1) is 0 Å². The first-order valence-corrected chi connectivity index (χ1v) is 7.54. The number of urea groups is 1. The summed E-state index contributed by atoms with van der Waals surface area (Å²) in [6.45, 7) is 0.536. The maximum atomic E-state index is 11.7. The highest BCUT2D eigenvalue weighted by molar-refractivity contribution is 5.74. The van der Waals surface area contributed by atoms with E-state index in [2.05, 4.69) is 10.6 Å². The number of hydrogen-bond donors (Lipinski definition) is 4. The third-order valence-corrected chi connectivity index (χ3v) is 3.65. The molecule has 0 aromatic carbocycles. The lowest BCUT2D eigenvalue weighted by Crippen LogP contribution is -2.47. The molecule has 2 atom stereocenters. The average molecular weight is 286 g/mol. The van der Waals surface area contributed by atoms with Crippen LogP contribution in [0, 0.1) is 0 Å². The molecule has 1 rings (SSSR count). The molecule has 116 valence electrons. The predicted molar refractivity (Wildman–Crippen MR) is 75.5 cm³/mol. The molecule has 6 heteroatoms. The highest BCUT2D eigenvalue weighted by Crippen LogP contribution is 2.17. The van der Waals surface area contributed by atoms with E-state index in [-0.39, 0.29) is 18.5 Å². The molecule has 2 unspecified atom stereocenters. The van der Waals surface area contributed by atoms with Crippen molar-refractivity contribution in [3.05, 3.63) is 0 Å². The highest BCUT2D eigenvalue weighted by Gasteiger charge is 2.22. The predicted octanol–water partition coefficient (Wildman–Crippen LogP) is 1.62. The molecule has 1 aliphatic carbocycles. The van der Waals surface area contributed by atoms with Crippen molar-refractivity contribution >= 4 is 12.0 Å². The van der Waals surface area contributed by atoms with Crippen molar-refractivity contribution in [3.8, 4) is 0 Å². The first-order chi connectivity index (χ1) is 9.59. The zero-order valence-corrected chi connectivity index (χ0v) is 11.9. The standard InChI is InChI=1S/C14H26N2O4/c17-12-8-4-1-3-7-11(12)16-14(20)15-10-6-2-5-9-13(18)19/h11-12,17H,1-10H2,(H,18,19)(H2,15,16,20). The number of hydrogen-bond acceptors (Lipinski definition) is 3. The Hall–Kier alpha value is -1.30. The summed E-state index contributed by atoms with van der Waals surface area (Å²) >= 11 is 0. The van der Waals surface area contributed by atoms with Crippen LogP contribution >= 0.6 is 0 Å². The van der Waals surface area contributed by atoms with Crippen LogP contribution in [0.25, 0.3) is 0 Å². The van der Waals surface area contributed by atoms with Gasteiger partial charge in [0.1, 0.15) is 0 Å². The van der Waals surface area contributed by atoms with E-state index in [1.54, 1.807) is 0 Å². The number of carbonyl (C=O) groups is 2. The number of aliphatic hydroxyl groups is 1. The Morgan fingerprint density at radius 1 is 1.05 bits per heavy atom. The second-order valence-electron chi connectivity index (χ2n) is 5.42. The van der Waals surface area contributed by atoms with Crippen molar-refractivity contribution in [2.75, 3.05) is 6.54 Å². The Balaban J connectivity index is 2.08. The van der Waals surface area contributed by atoms with Gasteiger partial charge in [-0.25, -0.2) is 4.79 Å². The minimum Gasteiger partial charge on any atom is -0.481 e. The second kappa shape index (κ2) is 9.58. The smallest absolute Gasteiger partial charge is 0.315 e. The van der Waals surface area contributed by atoms with Crippen LogP contribution in [0.3, 0.4) is 0 Å². The molecule has 0 radical (unpaired) electrons. The van der Waals surface area contributed by atoms with Gasteiger partial charge < -0.3 is 20.8 Å². The summed E-state index contributed by atoms with van der Waals surface area (Å²) in [5.74, 6) is -0.780. The zero-order valence-electron chi connectivity index (χ0n) is 11.9. The fraction of sp³-hybridized carbons (Fsp3) is 0.857. The van der Waals surface area contributed by atoms with E-state index in [0.29, 0.717) is 13.0 Å². The van der Waals surface area contributed by atoms with E-state index >= 15 is 0 Å². The lowest BCUT2D eigenvalue weighted by Gasteiger charge is -2.21. The van der Waals surface area contributed by atoms with Crippen LogP contribution in [0.4, 0.5) is 4.79 Å². The second-order valence-corrected chi connectivity index (χ2v) is 5.42. The molecular weight excluding hydrogens is 260 g/mol. The first-order valence-electron chi connectivity index (χ1n) is 7.54. The van der Waals surface area contributed by atoms with Gasteiger partial charge in [0.25, 0.3) is 0 Å². The number of nitrogens with one attached hydrogen (secondary N) is 2. The summed E-state index contributed by atoms with van der Waals surface area (Å²) in [6.07, 6.45) is 6.68. The molecule has 1 aliphatic rings. The molecule has 1 fully saturated rings. The largest absolute Gasteiger partial charge is 0.481 e. The molecule has 0 aromatic heterocycles. The summed E-state index contributed by atoms with van der Waals surface area (Å²) in [5, 5.41) is 24.0. The van der Waals surface area contributed by atoms with Crippen LogP contribution in [0.1, 0.15) is 57.8 Å². The van der Waals surface area contributed by atoms with Crippen molar-refractivity contribution in [2.24, 2.45) is 0 Å². The molecule has 20 heavy (non-hydrogen) atoms. The number of rotatable bonds is 7. The summed E-state index contributed by atoms with van der Waals surface area (Å²) < 4.78 is 0. The molecular formula is C14H26N2O4. The number of carboxylic acid groups (broad SMARTS) is 1. The van der Waals surface area contributed by atoms with Crippen LogP contribution in [0.2, 0.25) is 0 Å². The van der Waals surface area contributed by atoms with Crippen LogP contribution < -0.4 is 10.6 Å². The molecule has 0 spiro atoms. The van der Waals surface area contributed by atoms with E-state index < -0.39 is 12.1 Å². The SMILES string of the molecule is O=C(O)CCCCCNC(=O)NC1CCCCCC1O. The van der Waals surface area contributed by atoms with Crippen molar-refractivity contribution in [1.82, 2.24) is 10.6 Å². The van der Waals surface area contributed by atoms with Gasteiger partial charge in [-0.2, -0.15) is 0 Å². The molecule has 0 bridgehead atoms. The number of carboxylic acids is 1. The third-order valence-electron chi connectivity index (χ3n) is 3.65. The molecule has 0 heterocycles. The minimum absolute atomic E-state index is 0.149. The monoisotopic (exact) mass is 286 g/mol. The Morgan fingerprint density at radius 3 is 2.55 bits per heavy atom. The zero-order chi connectivity index (χ0) is 14.8. The fourth-order valence-corrected chi connectivity index (χ4v) is 2.46. The van der Waals surface area contributed by atoms with Crippen molar-refractivity contribution in [3.63, 3.8) is 0 Å². The molecule has 0 aliphatic heterocycles. The van der Waals surface area contributed by atoms with Gasteiger partial charge >= 0.3 is 12.0 Å². The van der Waals surface area contributed by atoms with Gasteiger partial charge in [0, 0.05) is 13.0 Å². The number of unbranched alkanes of at least 4 members (excludes halogenated alkanes) is 2. The lowest BCUT2D eigenvalue weighted by molar-refractivity contribution is -0.137. The van der Waals surface area contributed by atoms with Gasteiger partial charge in [0.2, 0.25) is 0 Å². The maximum Gasteiger partial charge on any atom is 0.315 e. The Morgan fingerprint density at radius 2 is 1.80 bits per heavy atom. The summed E-state index contributed by atoms with van der Waals surface area (Å²) in [4.78, 5) is 22.0. The number of aliphatic carboxylic acids is 1. The van der Waals surface area contributed by atoms with Crippen molar-refractivity contribution in [2.45, 2.75) is 69.9 Å². The van der Waals surface area contributed by atoms with E-state index in [1.807, 2.05) is 0 Å². The molecule has 0 saturated heterocycles. The maximum absolute atomic E-state index is 11.7. The lowest BCUT2D eigenvalue weighted by atomic mass is 10.1. The summed E-state index contributed by atoms with van der Waals surface area (Å²) in [5.41, 5.74) is 0. The normalized spacial score (nSPS) is 22.9. The molecule has 4 N–H and O–H groups in total. The topological polar surface area (TPSA) is 98.7 Å². The average Bonchev–Trinajstić information content (AvgIpc) is 2.59. The van der Waals surface area contributed by atoms with E-state index in [0.717, 1.165) is 44.9 Å². The summed E-state index contributed by atoms with van der Waals surface area (Å²) in [7, 11) is 0. The number of amides is 2. The first kappa shape index (κ1) is 16.8. The van der Waals surface area contributed by atoms with Crippen LogP contribution in [-0.2, 0) is 4.79 Å². The molecule has 2 amide bonds. The Kier molecular flexibility index (Phi) is 8.02. The van der Waals surface area contributed by atoms with Gasteiger partial charge in [-0.3, -0.25) is 4.79 Å². The van der Waals surface area contributed by atoms with Gasteiger partial charge in [-0.05, 0) is 25.7 Å². The van der Waals surface area contributed by atoms with Crippen LogP contribution in [-0.4, -0.2) is 40.9 Å². The van der Waals surface area contributed by atoms with Crippen molar-refractivity contribution in [1.29, 1.82) is 0 Å². The van der Waals surface area contributed by atoms with Crippen molar-refractivity contribution < 1.29 is 19.8 Å². The van der Waals surface area contributed by atoms with Gasteiger partial charge in [-0.1, -0.05) is 25.7 Å². The Labute approximate surface area is 119 Å². The minimum atomic E-state index is -0.780. The fourth-order valence-electron chi connectivity index (χ4n) is 2.46. The summed E-state index contributed by atoms with van der Waals surface area (Å²) in [6, 6.07) is -0.390. The van der Waals surface area contributed by atoms with Gasteiger partial charge in [0.05, 0.1) is 12.1 Å². The van der Waals surface area contributed by atoms with Crippen LogP contribution in [0.5, 0.6) is 0 Å². The molecule has 1 saturated carbocycles. The quantitative estimate of drug-likeness (QED) is 0.422. The number of carbonyl (C=O) groups excluding carboxylic acids is 1. The van der Waals surface area contributed by atoms with E-state index in [1.165, 1.54) is 0 Å². The molecule has 6 nitrogen and oxygen atoms in total. The van der Waals surface area contributed by atoms with Gasteiger partial charge in [0.15, 0.2) is 0 Å². The highest BCUT2D eigenvalue weighted by atomic mass is 16.4. The van der Waals surface area contributed by atoms with Crippen LogP contribution in [0.15, 0.2) is 0 Å². The third kappa shape index (κ3) is 7.33. The van der Waals surface area contributed by atoms with E-state index in [4.69, 9.17) is 5.11 Å².